The van der Waals surface area contributed by atoms with E-state index in [0.29, 0.717) is 19.6 Å². The number of amidine groups is 1. The average Bonchev–Trinajstić information content (AvgIpc) is 3.52. The van der Waals surface area contributed by atoms with Gasteiger partial charge in [-0.15, -0.1) is 0 Å². The van der Waals surface area contributed by atoms with Gasteiger partial charge < -0.3 is 25.7 Å². The molecule has 1 saturated heterocycles. The summed E-state index contributed by atoms with van der Waals surface area (Å²) in [7, 11) is 0. The lowest BCUT2D eigenvalue weighted by Crippen LogP contribution is -2.53. The third kappa shape index (κ3) is 7.08. The van der Waals surface area contributed by atoms with Gasteiger partial charge in [0.15, 0.2) is 0 Å². The van der Waals surface area contributed by atoms with Crippen molar-refractivity contribution in [1.82, 2.24) is 26.4 Å². The highest BCUT2D eigenvalue weighted by molar-refractivity contribution is 6.04. The molecule has 4 N–H and O–H groups in total. The molecule has 4 aromatic rings. The maximum atomic E-state index is 13.8. The predicted octanol–water partition coefficient (Wildman–Crippen LogP) is 6.03. The van der Waals surface area contributed by atoms with Crippen molar-refractivity contribution in [3.05, 3.63) is 155 Å². The Bertz CT molecular complexity index is 1770. The van der Waals surface area contributed by atoms with Crippen LogP contribution in [0.1, 0.15) is 30.0 Å². The number of carbonyl (C=O) groups excluding carboxylic acids is 1. The Morgan fingerprint density at radius 3 is 2.19 bits per heavy atom. The molecule has 0 aliphatic carbocycles. The third-order valence-corrected chi connectivity index (χ3v) is 8.95. The minimum absolute atomic E-state index is 0.0299. The Hall–Kier alpha value is -5.34. The van der Waals surface area contributed by atoms with Gasteiger partial charge in [-0.1, -0.05) is 97.9 Å². The molecule has 0 spiro atoms. The van der Waals surface area contributed by atoms with E-state index in [-0.39, 0.29) is 23.8 Å². The molecule has 1 fully saturated rings. The molecule has 3 heterocycles. The van der Waals surface area contributed by atoms with E-state index in [1.807, 2.05) is 78.9 Å². The first-order valence-electron chi connectivity index (χ1n) is 16.3. The number of carbonyl (C=O) groups is 1. The van der Waals surface area contributed by atoms with Gasteiger partial charge in [0.1, 0.15) is 23.2 Å². The normalized spacial score (nSPS) is 20.2. The minimum atomic E-state index is -0.301. The number of ether oxygens (including phenoxy) is 1. The number of amides is 1. The van der Waals surface area contributed by atoms with Crippen LogP contribution in [0.15, 0.2) is 143 Å². The molecule has 7 rings (SSSR count). The van der Waals surface area contributed by atoms with Crippen LogP contribution in [0, 0.1) is 11.8 Å². The van der Waals surface area contributed by atoms with Crippen molar-refractivity contribution < 1.29 is 9.53 Å². The Labute approximate surface area is 276 Å². The van der Waals surface area contributed by atoms with E-state index in [9.17, 15) is 4.79 Å². The Kier molecular flexibility index (Phi) is 9.01. The Balaban J connectivity index is 1.11. The smallest absolute Gasteiger partial charge is 0.227 e. The molecule has 3 aliphatic heterocycles. The average molecular weight is 625 g/mol. The fourth-order valence-corrected chi connectivity index (χ4v) is 6.57. The number of hydrazine groups is 1. The fraction of sp³-hybridized carbons (Fsp3) is 0.231. The summed E-state index contributed by atoms with van der Waals surface area (Å²) in [5.41, 5.74) is 12.5. The van der Waals surface area contributed by atoms with Gasteiger partial charge in [-0.3, -0.25) is 4.79 Å². The summed E-state index contributed by atoms with van der Waals surface area (Å²) in [6.45, 7) is 4.73. The van der Waals surface area contributed by atoms with Gasteiger partial charge >= 0.3 is 0 Å². The lowest BCUT2D eigenvalue weighted by Gasteiger charge is -2.41. The summed E-state index contributed by atoms with van der Waals surface area (Å²) in [5.74, 6) is 3.14. The molecule has 3 aliphatic rings. The van der Waals surface area contributed by atoms with E-state index in [4.69, 9.17) is 9.73 Å². The molecule has 0 aromatic heterocycles. The quantitative estimate of drug-likeness (QED) is 0.172. The van der Waals surface area contributed by atoms with Crippen molar-refractivity contribution in [3.8, 4) is 11.5 Å². The number of allylic oxidation sites excluding steroid dienone is 2. The summed E-state index contributed by atoms with van der Waals surface area (Å²) in [5, 5.41) is 6.75. The summed E-state index contributed by atoms with van der Waals surface area (Å²) < 4.78 is 5.96. The van der Waals surface area contributed by atoms with Crippen LogP contribution in [0.25, 0.3) is 0 Å². The summed E-state index contributed by atoms with van der Waals surface area (Å²) in [6, 6.07) is 38.2. The van der Waals surface area contributed by atoms with E-state index in [0.717, 1.165) is 52.8 Å². The monoisotopic (exact) mass is 624 g/mol. The summed E-state index contributed by atoms with van der Waals surface area (Å²) in [4.78, 5) is 21.3. The molecule has 0 saturated carbocycles. The zero-order valence-corrected chi connectivity index (χ0v) is 26.5. The first-order valence-corrected chi connectivity index (χ1v) is 16.3. The highest BCUT2D eigenvalue weighted by Gasteiger charge is 2.46. The first kappa shape index (κ1) is 30.3. The molecule has 238 valence electrons. The number of benzene rings is 4. The maximum Gasteiger partial charge on any atom is 0.227 e. The van der Waals surface area contributed by atoms with Crippen LogP contribution in [0.2, 0.25) is 0 Å². The van der Waals surface area contributed by atoms with Crippen molar-refractivity contribution in [3.63, 3.8) is 0 Å². The zero-order chi connectivity index (χ0) is 32.0. The Morgan fingerprint density at radius 2 is 1.47 bits per heavy atom. The molecule has 1 amide bonds. The van der Waals surface area contributed by atoms with E-state index in [1.54, 1.807) is 0 Å². The number of hydrogen-bond acceptors (Lipinski definition) is 7. The van der Waals surface area contributed by atoms with Gasteiger partial charge in [-0.25, -0.2) is 10.4 Å². The number of aliphatic imine (C=N–C) groups is 1. The zero-order valence-electron chi connectivity index (χ0n) is 26.5. The molecule has 3 unspecified atom stereocenters. The van der Waals surface area contributed by atoms with Gasteiger partial charge in [-0.05, 0) is 53.5 Å². The highest BCUT2D eigenvalue weighted by Crippen LogP contribution is 2.37. The van der Waals surface area contributed by atoms with E-state index < -0.39 is 0 Å². The molecule has 0 radical (unpaired) electrons. The number of hydrogen-bond donors (Lipinski definition) is 4. The number of para-hydroxylation sites is 1. The lowest BCUT2D eigenvalue weighted by atomic mass is 9.82. The van der Waals surface area contributed by atoms with E-state index in [2.05, 4.69) is 75.8 Å². The van der Waals surface area contributed by atoms with E-state index in [1.165, 1.54) is 11.3 Å². The summed E-state index contributed by atoms with van der Waals surface area (Å²) >= 11 is 0. The molecule has 4 aromatic carbocycles. The van der Waals surface area contributed by atoms with Crippen LogP contribution in [0.4, 0.5) is 0 Å². The van der Waals surface area contributed by atoms with Crippen LogP contribution in [-0.2, 0) is 24.4 Å². The largest absolute Gasteiger partial charge is 0.457 e. The van der Waals surface area contributed by atoms with Gasteiger partial charge in [0.2, 0.25) is 5.91 Å². The highest BCUT2D eigenvalue weighted by atomic mass is 16.5. The number of nitrogens with one attached hydrogen (secondary N) is 4. The van der Waals surface area contributed by atoms with Gasteiger partial charge in [-0.2, -0.15) is 0 Å². The van der Waals surface area contributed by atoms with Crippen LogP contribution >= 0.6 is 0 Å². The topological polar surface area (TPSA) is 90.0 Å². The van der Waals surface area contributed by atoms with E-state index >= 15 is 0 Å². The predicted molar refractivity (Wildman–Crippen MR) is 185 cm³/mol. The maximum absolute atomic E-state index is 13.8. The molecule has 3 atom stereocenters. The fourth-order valence-electron chi connectivity index (χ4n) is 6.57. The van der Waals surface area contributed by atoms with Crippen molar-refractivity contribution in [2.75, 3.05) is 6.54 Å². The van der Waals surface area contributed by atoms with Crippen molar-refractivity contribution in [2.24, 2.45) is 16.8 Å². The SMILES string of the molecule is CC1CC=C(NCc2ccc(Oc3ccccc3)cc2)N=C2NNC3C2=C1N(Cc1ccccc1)CC3C(=O)NCc1ccccc1. The molecule has 47 heavy (non-hydrogen) atoms. The Morgan fingerprint density at radius 1 is 0.830 bits per heavy atom. The van der Waals surface area contributed by atoms with Crippen LogP contribution in [-0.4, -0.2) is 29.2 Å². The molecule has 0 bridgehead atoms. The second-order valence-electron chi connectivity index (χ2n) is 12.3. The lowest BCUT2D eigenvalue weighted by molar-refractivity contribution is -0.126. The van der Waals surface area contributed by atoms with Crippen LogP contribution in [0.3, 0.4) is 0 Å². The second-order valence-corrected chi connectivity index (χ2v) is 12.3. The van der Waals surface area contributed by atoms with Crippen LogP contribution < -0.4 is 26.2 Å². The van der Waals surface area contributed by atoms with Crippen molar-refractivity contribution in [2.45, 2.75) is 39.0 Å². The standard InChI is InChI=1S/C39H40N6O2/c1-27-17-22-34(40-23-29-18-20-32(21-19-29)47-31-15-9-4-10-16-31)42-38-35-36(43-44-38)33(39(46)41-24-28-11-5-2-6-12-28)26-45(37(27)35)25-30-13-7-3-8-14-30/h2-16,18-22,27,33,36,40,43H,17,23-26H2,1H3,(H,41,46)(H,42,44). The number of rotatable bonds is 10. The molecule has 8 nitrogen and oxygen atoms in total. The molecular weight excluding hydrogens is 584 g/mol. The van der Waals surface area contributed by atoms with Gasteiger partial charge in [0, 0.05) is 43.4 Å². The van der Waals surface area contributed by atoms with Crippen molar-refractivity contribution >= 4 is 11.7 Å². The second kappa shape index (κ2) is 14.0. The van der Waals surface area contributed by atoms with Crippen molar-refractivity contribution in [1.29, 1.82) is 0 Å². The third-order valence-electron chi connectivity index (χ3n) is 8.95. The molecule has 8 heteroatoms. The molecular formula is C39H40N6O2. The number of nitrogens with zero attached hydrogens (tertiary/aromatic N) is 2. The first-order chi connectivity index (χ1) is 23.1. The minimum Gasteiger partial charge on any atom is -0.457 e. The van der Waals surface area contributed by atoms with Gasteiger partial charge in [0.25, 0.3) is 0 Å². The van der Waals surface area contributed by atoms with Crippen LogP contribution in [0.5, 0.6) is 11.5 Å². The summed E-state index contributed by atoms with van der Waals surface area (Å²) in [6.07, 6.45) is 3.01. The van der Waals surface area contributed by atoms with Gasteiger partial charge in [0.05, 0.1) is 12.0 Å².